The normalized spacial score (nSPS) is 15.1. The summed E-state index contributed by atoms with van der Waals surface area (Å²) < 4.78 is 58.9. The first-order chi connectivity index (χ1) is 21.8. The van der Waals surface area contributed by atoms with Gasteiger partial charge in [-0.2, -0.15) is 13.2 Å². The highest BCUT2D eigenvalue weighted by Gasteiger charge is 2.55. The molecular formula is C36H34F3N2O3PS. The smallest absolute Gasteiger partial charge is 0.485 e. The van der Waals surface area contributed by atoms with E-state index < -0.39 is 22.9 Å². The number of fused-ring (bicyclic) bond motifs is 2. The molecule has 1 aliphatic heterocycles. The minimum atomic E-state index is -6.09. The van der Waals surface area contributed by atoms with E-state index in [4.69, 9.17) is 13.0 Å². The standard InChI is InChI=1S/C35H34N2P.CHF3O3S/c1-36(2)27-21-19-26(20-22-27)35-31-17-11-12-18-33(31)38(29-13-7-5-8-14-29,30-15-9-6-10-16-30)34-25-28(37(3)4)23-24-32(34)35;2-1(3,4)8(5,6)7/h5-25,35H,1-4H3;(H,5,6,7)/q+1;/p-1/t35-;/m1./s1. The van der Waals surface area contributed by atoms with E-state index in [2.05, 4.69) is 165 Å². The predicted molar refractivity (Wildman–Crippen MR) is 183 cm³/mol. The molecule has 0 aromatic heterocycles. The van der Waals surface area contributed by atoms with Crippen LogP contribution in [0.15, 0.2) is 127 Å². The number of rotatable bonds is 5. The number of anilines is 2. The van der Waals surface area contributed by atoms with Crippen LogP contribution in [0.1, 0.15) is 22.6 Å². The van der Waals surface area contributed by atoms with Gasteiger partial charge < -0.3 is 14.4 Å². The van der Waals surface area contributed by atoms with Gasteiger partial charge >= 0.3 is 5.51 Å². The van der Waals surface area contributed by atoms with Crippen LogP contribution >= 0.6 is 7.26 Å². The van der Waals surface area contributed by atoms with Gasteiger partial charge in [-0.3, -0.25) is 0 Å². The second-order valence-electron chi connectivity index (χ2n) is 11.4. The van der Waals surface area contributed by atoms with Gasteiger partial charge in [0.15, 0.2) is 10.1 Å². The van der Waals surface area contributed by atoms with E-state index >= 15 is 0 Å². The molecule has 5 aromatic carbocycles. The molecule has 0 saturated heterocycles. The number of alkyl halides is 3. The zero-order valence-electron chi connectivity index (χ0n) is 25.8. The van der Waals surface area contributed by atoms with E-state index in [9.17, 15) is 13.2 Å². The molecular weight excluding hydrogens is 628 g/mol. The molecule has 238 valence electrons. The maximum Gasteiger partial charge on any atom is 0.485 e. The summed E-state index contributed by atoms with van der Waals surface area (Å²) in [5.74, 6) is 0.175. The molecule has 0 fully saturated rings. The highest BCUT2D eigenvalue weighted by molar-refractivity contribution is 8.01. The number of benzene rings is 5. The lowest BCUT2D eigenvalue weighted by atomic mass is 9.84. The maximum absolute atomic E-state index is 10.7. The SMILES string of the molecule is CN(C)c1ccc([C@@H]2c3ccccc3[P+](c3ccccc3)(c3ccccc3)c3cc(N(C)C)ccc32)cc1.O=S(=O)([O-])C(F)(F)F. The summed E-state index contributed by atoms with van der Waals surface area (Å²) in [6.07, 6.45) is 0. The topological polar surface area (TPSA) is 63.7 Å². The van der Waals surface area contributed by atoms with E-state index in [1.165, 1.54) is 49.3 Å². The van der Waals surface area contributed by atoms with E-state index in [1.807, 2.05) is 0 Å². The molecule has 1 aliphatic rings. The van der Waals surface area contributed by atoms with Crippen LogP contribution in [-0.4, -0.2) is 46.7 Å². The number of hydrogen-bond donors (Lipinski definition) is 0. The highest BCUT2D eigenvalue weighted by Crippen LogP contribution is 2.60. The van der Waals surface area contributed by atoms with Gasteiger partial charge in [0.1, 0.15) is 28.5 Å². The van der Waals surface area contributed by atoms with Gasteiger partial charge in [0.05, 0.1) is 0 Å². The molecule has 1 atom stereocenters. The largest absolute Gasteiger partial charge is 0.741 e. The maximum atomic E-state index is 10.7. The van der Waals surface area contributed by atoms with Crippen LogP contribution in [0.2, 0.25) is 0 Å². The van der Waals surface area contributed by atoms with Crippen LogP contribution in [0.4, 0.5) is 24.5 Å². The molecule has 10 heteroatoms. The van der Waals surface area contributed by atoms with Crippen molar-refractivity contribution >= 4 is 50.0 Å². The zero-order chi connectivity index (χ0) is 33.3. The van der Waals surface area contributed by atoms with Crippen LogP contribution in [-0.2, 0) is 10.1 Å². The molecule has 6 rings (SSSR count). The predicted octanol–water partition coefficient (Wildman–Crippen LogP) is 5.98. The van der Waals surface area contributed by atoms with Gasteiger partial charge in [-0.1, -0.05) is 72.8 Å². The van der Waals surface area contributed by atoms with E-state index in [1.54, 1.807) is 0 Å². The highest BCUT2D eigenvalue weighted by atomic mass is 32.2. The molecule has 0 unspecified atom stereocenters. The van der Waals surface area contributed by atoms with Crippen molar-refractivity contribution in [3.63, 3.8) is 0 Å². The Morgan fingerprint density at radius 3 is 1.52 bits per heavy atom. The zero-order valence-corrected chi connectivity index (χ0v) is 27.5. The van der Waals surface area contributed by atoms with Gasteiger partial charge in [-0.15, -0.1) is 0 Å². The Labute approximate surface area is 269 Å². The fourth-order valence-electron chi connectivity index (χ4n) is 6.01. The molecule has 0 radical (unpaired) electrons. The summed E-state index contributed by atoms with van der Waals surface area (Å²) in [5.41, 5.74) is 0.968. The molecule has 0 amide bonds. The van der Waals surface area contributed by atoms with Crippen molar-refractivity contribution in [1.29, 1.82) is 0 Å². The van der Waals surface area contributed by atoms with Crippen LogP contribution in [0.25, 0.3) is 0 Å². The number of halogens is 3. The summed E-state index contributed by atoms with van der Waals surface area (Å²) >= 11 is 0. The second kappa shape index (κ2) is 12.9. The molecule has 5 nitrogen and oxygen atoms in total. The Hall–Kier alpha value is -4.17. The van der Waals surface area contributed by atoms with E-state index in [0.29, 0.717) is 0 Å². The number of nitrogens with zero attached hydrogens (tertiary/aromatic N) is 2. The Balaban J connectivity index is 0.000000463. The minimum absolute atomic E-state index is 0.175. The van der Waals surface area contributed by atoms with Gasteiger partial charge in [0, 0.05) is 62.7 Å². The average Bonchev–Trinajstić information content (AvgIpc) is 3.03. The lowest BCUT2D eigenvalue weighted by molar-refractivity contribution is -0.0517. The summed E-state index contributed by atoms with van der Waals surface area (Å²) in [7, 11) is 0.228. The lowest BCUT2D eigenvalue weighted by Crippen LogP contribution is -2.45. The van der Waals surface area contributed by atoms with E-state index in [0.717, 1.165) is 0 Å². The van der Waals surface area contributed by atoms with E-state index in [-0.39, 0.29) is 5.92 Å². The first kappa shape index (κ1) is 33.2. The lowest BCUT2D eigenvalue weighted by Gasteiger charge is -2.38. The quantitative estimate of drug-likeness (QED) is 0.129. The molecule has 5 aromatic rings. The van der Waals surface area contributed by atoms with Gasteiger partial charge in [-0.05, 0) is 54.1 Å². The molecule has 0 aliphatic carbocycles. The van der Waals surface area contributed by atoms with Crippen molar-refractivity contribution < 1.29 is 26.1 Å². The summed E-state index contributed by atoms with van der Waals surface area (Å²) in [6, 6.07) is 47.9. The fraction of sp³-hybridized carbons (Fsp3) is 0.167. The third-order valence-electron chi connectivity index (χ3n) is 8.13. The summed E-state index contributed by atoms with van der Waals surface area (Å²) in [4.78, 5) is 4.39. The first-order valence-corrected chi connectivity index (χ1v) is 17.7. The summed E-state index contributed by atoms with van der Waals surface area (Å²) in [5, 5.41) is 5.72. The van der Waals surface area contributed by atoms with Crippen LogP contribution in [0.3, 0.4) is 0 Å². The van der Waals surface area contributed by atoms with Crippen molar-refractivity contribution in [1.82, 2.24) is 0 Å². The summed E-state index contributed by atoms with van der Waals surface area (Å²) in [6.45, 7) is 0. The molecule has 0 saturated carbocycles. The van der Waals surface area contributed by atoms with Gasteiger partial charge in [-0.25, -0.2) is 8.42 Å². The molecule has 1 heterocycles. The first-order valence-electron chi connectivity index (χ1n) is 14.5. The molecule has 0 spiro atoms. The van der Waals surface area contributed by atoms with Crippen LogP contribution in [0.5, 0.6) is 0 Å². The van der Waals surface area contributed by atoms with Crippen molar-refractivity contribution in [2.75, 3.05) is 38.0 Å². The number of hydrogen-bond acceptors (Lipinski definition) is 5. The average molecular weight is 663 g/mol. The fourth-order valence-corrected chi connectivity index (χ4v) is 10.7. The van der Waals surface area contributed by atoms with Gasteiger partial charge in [0.25, 0.3) is 0 Å². The Kier molecular flexibility index (Phi) is 9.32. The van der Waals surface area contributed by atoms with Crippen molar-refractivity contribution in [3.05, 3.63) is 144 Å². The molecule has 46 heavy (non-hydrogen) atoms. The molecule has 0 N–H and O–H groups in total. The van der Waals surface area contributed by atoms with Crippen molar-refractivity contribution in [2.24, 2.45) is 0 Å². The van der Waals surface area contributed by atoms with Crippen LogP contribution in [0, 0.1) is 0 Å². The molecule has 0 bridgehead atoms. The monoisotopic (exact) mass is 662 g/mol. The van der Waals surface area contributed by atoms with Crippen molar-refractivity contribution in [3.8, 4) is 0 Å². The van der Waals surface area contributed by atoms with Gasteiger partial charge in [0.2, 0.25) is 0 Å². The van der Waals surface area contributed by atoms with Crippen LogP contribution < -0.4 is 31.0 Å². The Morgan fingerprint density at radius 1 is 0.609 bits per heavy atom. The minimum Gasteiger partial charge on any atom is -0.741 e. The third-order valence-corrected chi connectivity index (χ3v) is 13.1. The second-order valence-corrected chi connectivity index (χ2v) is 16.1. The third kappa shape index (κ3) is 6.15. The van der Waals surface area contributed by atoms with Crippen molar-refractivity contribution in [2.45, 2.75) is 11.4 Å². The Morgan fingerprint density at radius 2 is 1.04 bits per heavy atom. The Bertz CT molecular complexity index is 1880.